The third kappa shape index (κ3) is 6.55. The van der Waals surface area contributed by atoms with Crippen molar-refractivity contribution in [3.8, 4) is 5.75 Å². The largest absolute Gasteiger partial charge is 0.484 e. The summed E-state index contributed by atoms with van der Waals surface area (Å²) in [5.74, 6) is 2.93. The Morgan fingerprint density at radius 3 is 2.71 bits per heavy atom. The lowest BCUT2D eigenvalue weighted by Crippen LogP contribution is -2.53. The van der Waals surface area contributed by atoms with Crippen LogP contribution in [0.5, 0.6) is 5.75 Å². The number of amides is 1. The number of carbonyl (C=O) groups excluding carboxylic acids is 1. The van der Waals surface area contributed by atoms with Crippen LogP contribution in [-0.4, -0.2) is 66.6 Å². The molecule has 1 aromatic carbocycles. The Hall–Kier alpha value is -1.89. The van der Waals surface area contributed by atoms with Gasteiger partial charge in [0.05, 0.1) is 0 Å². The number of thioether (sulfide) groups is 1. The first-order valence-corrected chi connectivity index (χ1v) is 12.8. The molecule has 1 aliphatic heterocycles. The Bertz CT molecular complexity index is 752. The second-order valence-corrected chi connectivity index (χ2v) is 10.6. The van der Waals surface area contributed by atoms with Gasteiger partial charge in [0.15, 0.2) is 12.6 Å². The van der Waals surface area contributed by atoms with E-state index in [1.807, 2.05) is 19.2 Å². The molecule has 1 heterocycles. The molecule has 0 bridgehead atoms. The van der Waals surface area contributed by atoms with Gasteiger partial charge in [-0.15, -0.1) is 0 Å². The van der Waals surface area contributed by atoms with Crippen molar-refractivity contribution in [1.29, 1.82) is 0 Å². The first-order chi connectivity index (χ1) is 15.2. The zero-order valence-electron chi connectivity index (χ0n) is 18.7. The minimum atomic E-state index is -0.0340. The molecule has 1 saturated heterocycles. The second-order valence-electron chi connectivity index (χ2n) is 9.01. The smallest absolute Gasteiger partial charge is 0.258 e. The van der Waals surface area contributed by atoms with E-state index < -0.39 is 0 Å². The summed E-state index contributed by atoms with van der Waals surface area (Å²) < 4.78 is 6.03. The number of aliphatic imine (C=N–C) groups is 1. The molecule has 0 atom stereocenters. The summed E-state index contributed by atoms with van der Waals surface area (Å²) in [6, 6.07) is 8.42. The Kier molecular flexibility index (Phi) is 7.64. The SMILES string of the molecule is CN=C(NCCc1ccc(OCC(=O)NC2CC2)cc1)N1CCSC2(CCCCC2)C1. The van der Waals surface area contributed by atoms with Crippen molar-refractivity contribution in [3.05, 3.63) is 29.8 Å². The van der Waals surface area contributed by atoms with Crippen LogP contribution in [0, 0.1) is 0 Å². The molecule has 2 N–H and O–H groups in total. The predicted molar refractivity (Wildman–Crippen MR) is 128 cm³/mol. The third-order valence-electron chi connectivity index (χ3n) is 6.46. The average Bonchev–Trinajstić information content (AvgIpc) is 3.61. The molecule has 1 amide bonds. The number of carbonyl (C=O) groups is 1. The quantitative estimate of drug-likeness (QED) is 0.499. The molecule has 2 saturated carbocycles. The Morgan fingerprint density at radius 2 is 2.00 bits per heavy atom. The van der Waals surface area contributed by atoms with Crippen LogP contribution >= 0.6 is 11.8 Å². The van der Waals surface area contributed by atoms with Crippen LogP contribution in [-0.2, 0) is 11.2 Å². The highest BCUT2D eigenvalue weighted by Crippen LogP contribution is 2.42. The average molecular weight is 445 g/mol. The second kappa shape index (κ2) is 10.6. The lowest BCUT2D eigenvalue weighted by atomic mass is 9.87. The maximum atomic E-state index is 11.7. The molecule has 0 unspecified atom stereocenters. The van der Waals surface area contributed by atoms with Crippen LogP contribution < -0.4 is 15.4 Å². The standard InChI is InChI=1S/C24H36N4O2S/c1-25-23(28-15-16-31-24(18-28)12-3-2-4-13-24)26-14-11-19-5-9-21(10-6-19)30-17-22(29)27-20-7-8-20/h5-6,9-10,20H,2-4,7-8,11-18H2,1H3,(H,25,26)(H,27,29). The van der Waals surface area contributed by atoms with Gasteiger partial charge in [0.25, 0.3) is 5.91 Å². The van der Waals surface area contributed by atoms with Gasteiger partial charge in [-0.2, -0.15) is 11.8 Å². The maximum absolute atomic E-state index is 11.7. The van der Waals surface area contributed by atoms with Crippen molar-refractivity contribution >= 4 is 23.6 Å². The zero-order chi connectivity index (χ0) is 21.5. The van der Waals surface area contributed by atoms with Crippen molar-refractivity contribution in [1.82, 2.24) is 15.5 Å². The van der Waals surface area contributed by atoms with Gasteiger partial charge >= 0.3 is 0 Å². The number of nitrogens with zero attached hydrogens (tertiary/aromatic N) is 2. The Balaban J connectivity index is 1.20. The summed E-state index contributed by atoms with van der Waals surface area (Å²) in [4.78, 5) is 18.8. The fourth-order valence-corrected chi connectivity index (χ4v) is 6.14. The van der Waals surface area contributed by atoms with E-state index in [1.165, 1.54) is 43.4 Å². The van der Waals surface area contributed by atoms with Crippen LogP contribution in [0.2, 0.25) is 0 Å². The van der Waals surface area contributed by atoms with Crippen molar-refractivity contribution < 1.29 is 9.53 Å². The first-order valence-electron chi connectivity index (χ1n) is 11.8. The summed E-state index contributed by atoms with van der Waals surface area (Å²) in [6.45, 7) is 3.14. The number of nitrogens with one attached hydrogen (secondary N) is 2. The highest BCUT2D eigenvalue weighted by molar-refractivity contribution is 8.00. The lowest BCUT2D eigenvalue weighted by Gasteiger charge is -2.45. The molecule has 7 heteroatoms. The van der Waals surface area contributed by atoms with E-state index in [9.17, 15) is 4.79 Å². The molecule has 2 aliphatic carbocycles. The molecule has 31 heavy (non-hydrogen) atoms. The zero-order valence-corrected chi connectivity index (χ0v) is 19.5. The maximum Gasteiger partial charge on any atom is 0.258 e. The van der Waals surface area contributed by atoms with Gasteiger partial charge in [-0.05, 0) is 49.8 Å². The normalized spacial score (nSPS) is 21.1. The molecule has 170 valence electrons. The highest BCUT2D eigenvalue weighted by atomic mass is 32.2. The molecule has 3 fully saturated rings. The van der Waals surface area contributed by atoms with Gasteiger partial charge in [0.2, 0.25) is 0 Å². The van der Waals surface area contributed by atoms with Gasteiger partial charge in [-0.1, -0.05) is 31.4 Å². The van der Waals surface area contributed by atoms with Crippen LogP contribution in [0.25, 0.3) is 0 Å². The van der Waals surface area contributed by atoms with Crippen LogP contribution in [0.1, 0.15) is 50.5 Å². The van der Waals surface area contributed by atoms with Crippen molar-refractivity contribution in [2.75, 3.05) is 39.0 Å². The van der Waals surface area contributed by atoms with Crippen molar-refractivity contribution in [2.24, 2.45) is 4.99 Å². The Morgan fingerprint density at radius 1 is 1.23 bits per heavy atom. The number of hydrogen-bond donors (Lipinski definition) is 2. The number of rotatable bonds is 7. The van der Waals surface area contributed by atoms with E-state index in [-0.39, 0.29) is 12.5 Å². The highest BCUT2D eigenvalue weighted by Gasteiger charge is 2.38. The molecule has 0 radical (unpaired) electrons. The summed E-state index contributed by atoms with van der Waals surface area (Å²) >= 11 is 2.19. The Labute approximate surface area is 190 Å². The fourth-order valence-electron chi connectivity index (χ4n) is 4.57. The van der Waals surface area contributed by atoms with Gasteiger partial charge in [0.1, 0.15) is 5.75 Å². The van der Waals surface area contributed by atoms with Gasteiger partial charge in [-0.25, -0.2) is 0 Å². The van der Waals surface area contributed by atoms with Gasteiger partial charge in [-0.3, -0.25) is 9.79 Å². The minimum Gasteiger partial charge on any atom is -0.484 e. The third-order valence-corrected chi connectivity index (χ3v) is 7.99. The summed E-state index contributed by atoms with van der Waals surface area (Å²) in [7, 11) is 1.89. The molecule has 1 aromatic rings. The molecular weight excluding hydrogens is 408 g/mol. The lowest BCUT2D eigenvalue weighted by molar-refractivity contribution is -0.123. The van der Waals surface area contributed by atoms with E-state index in [4.69, 9.17) is 4.74 Å². The first kappa shape index (κ1) is 22.3. The predicted octanol–water partition coefficient (Wildman–Crippen LogP) is 3.21. The number of guanidine groups is 1. The molecule has 1 spiro atoms. The topological polar surface area (TPSA) is 66.0 Å². The molecule has 4 rings (SSSR count). The molecule has 0 aromatic heterocycles. The summed E-state index contributed by atoms with van der Waals surface area (Å²) in [6.07, 6.45) is 9.95. The van der Waals surface area contributed by atoms with E-state index >= 15 is 0 Å². The van der Waals surface area contributed by atoms with E-state index in [0.717, 1.165) is 50.6 Å². The van der Waals surface area contributed by atoms with Gasteiger partial charge in [0, 0.05) is 43.2 Å². The molecule has 6 nitrogen and oxygen atoms in total. The van der Waals surface area contributed by atoms with E-state index in [2.05, 4.69) is 44.4 Å². The van der Waals surface area contributed by atoms with Crippen molar-refractivity contribution in [2.45, 2.75) is 62.2 Å². The summed E-state index contributed by atoms with van der Waals surface area (Å²) in [5, 5.41) is 6.51. The number of ether oxygens (including phenoxy) is 1. The van der Waals surface area contributed by atoms with Crippen molar-refractivity contribution in [3.63, 3.8) is 0 Å². The molecule has 3 aliphatic rings. The van der Waals surface area contributed by atoms with E-state index in [1.54, 1.807) is 0 Å². The van der Waals surface area contributed by atoms with E-state index in [0.29, 0.717) is 10.8 Å². The summed E-state index contributed by atoms with van der Waals surface area (Å²) in [5.41, 5.74) is 1.25. The monoisotopic (exact) mass is 444 g/mol. The van der Waals surface area contributed by atoms with Gasteiger partial charge < -0.3 is 20.3 Å². The van der Waals surface area contributed by atoms with Crippen LogP contribution in [0.4, 0.5) is 0 Å². The number of hydrogen-bond acceptors (Lipinski definition) is 4. The molecular formula is C24H36N4O2S. The number of benzene rings is 1. The van der Waals surface area contributed by atoms with Crippen LogP contribution in [0.3, 0.4) is 0 Å². The minimum absolute atomic E-state index is 0.0340. The van der Waals surface area contributed by atoms with Crippen LogP contribution in [0.15, 0.2) is 29.3 Å². The fraction of sp³-hybridized carbons (Fsp3) is 0.667.